The highest BCUT2D eigenvalue weighted by Gasteiger charge is 2.25. The maximum atomic E-state index is 12.7. The van der Waals surface area contributed by atoms with Gasteiger partial charge >= 0.3 is 0 Å². The van der Waals surface area contributed by atoms with E-state index >= 15 is 0 Å². The van der Waals surface area contributed by atoms with Crippen molar-refractivity contribution in [1.82, 2.24) is 10.2 Å². The highest BCUT2D eigenvalue weighted by atomic mass is 35.5. The average molecular weight is 405 g/mol. The Bertz CT molecular complexity index is 808. The number of amides is 1. The third-order valence-electron chi connectivity index (χ3n) is 4.96. The van der Waals surface area contributed by atoms with Gasteiger partial charge in [-0.05, 0) is 37.6 Å². The Balaban J connectivity index is 0.00000280. The molecule has 1 aliphatic rings. The van der Waals surface area contributed by atoms with Crippen molar-refractivity contribution in [3.05, 3.63) is 69.8 Å². The first-order valence-corrected chi connectivity index (χ1v) is 9.11. The summed E-state index contributed by atoms with van der Waals surface area (Å²) in [6.45, 7) is 1.80. The number of likely N-dealkylation sites (tertiary alicyclic amines) is 1. The zero-order valence-electron chi connectivity index (χ0n) is 15.8. The Morgan fingerprint density at radius 1 is 1.18 bits per heavy atom. The van der Waals surface area contributed by atoms with Crippen LogP contribution in [-0.4, -0.2) is 41.9 Å². The molecule has 7 nitrogen and oxygen atoms in total. The van der Waals surface area contributed by atoms with Gasteiger partial charge in [0.15, 0.2) is 0 Å². The Morgan fingerprint density at radius 2 is 1.86 bits per heavy atom. The average Bonchev–Trinajstić information content (AvgIpc) is 2.72. The van der Waals surface area contributed by atoms with Crippen LogP contribution in [0.1, 0.15) is 28.8 Å². The number of nitrogens with one attached hydrogen (secondary N) is 2. The van der Waals surface area contributed by atoms with Crippen LogP contribution < -0.4 is 10.6 Å². The molecule has 0 aromatic heterocycles. The lowest BCUT2D eigenvalue weighted by Gasteiger charge is -2.31. The molecule has 3 rings (SSSR count). The van der Waals surface area contributed by atoms with Crippen molar-refractivity contribution in [3.8, 4) is 0 Å². The van der Waals surface area contributed by atoms with Crippen LogP contribution >= 0.6 is 12.4 Å². The fraction of sp³-hybridized carbons (Fsp3) is 0.350. The molecule has 2 aromatic rings. The van der Waals surface area contributed by atoms with Crippen LogP contribution in [-0.2, 0) is 6.54 Å². The van der Waals surface area contributed by atoms with E-state index in [2.05, 4.69) is 10.6 Å². The van der Waals surface area contributed by atoms with Gasteiger partial charge < -0.3 is 15.5 Å². The molecule has 8 heteroatoms. The van der Waals surface area contributed by atoms with E-state index in [1.807, 2.05) is 37.4 Å². The predicted octanol–water partition coefficient (Wildman–Crippen LogP) is 3.45. The molecule has 0 unspecified atom stereocenters. The van der Waals surface area contributed by atoms with Crippen molar-refractivity contribution in [2.75, 3.05) is 25.5 Å². The Morgan fingerprint density at radius 3 is 2.46 bits per heavy atom. The molecule has 1 aliphatic heterocycles. The van der Waals surface area contributed by atoms with Crippen LogP contribution in [0.2, 0.25) is 0 Å². The van der Waals surface area contributed by atoms with Crippen LogP contribution in [0, 0.1) is 10.1 Å². The van der Waals surface area contributed by atoms with Crippen molar-refractivity contribution in [2.24, 2.45) is 0 Å². The number of halogens is 1. The molecule has 1 heterocycles. The van der Waals surface area contributed by atoms with Gasteiger partial charge in [-0.2, -0.15) is 0 Å². The molecule has 2 N–H and O–H groups in total. The molecule has 0 atom stereocenters. The molecule has 1 saturated heterocycles. The fourth-order valence-electron chi connectivity index (χ4n) is 3.31. The molecule has 1 fully saturated rings. The molecule has 28 heavy (non-hydrogen) atoms. The van der Waals surface area contributed by atoms with Gasteiger partial charge in [-0.3, -0.25) is 14.9 Å². The quantitative estimate of drug-likeness (QED) is 0.568. The molecule has 2 aromatic carbocycles. The summed E-state index contributed by atoms with van der Waals surface area (Å²) >= 11 is 0. The molecule has 0 saturated carbocycles. The maximum absolute atomic E-state index is 12.7. The van der Waals surface area contributed by atoms with Crippen LogP contribution in [0.5, 0.6) is 0 Å². The predicted molar refractivity (Wildman–Crippen MR) is 112 cm³/mol. The fourth-order valence-corrected chi connectivity index (χ4v) is 3.31. The van der Waals surface area contributed by atoms with Crippen LogP contribution in [0.25, 0.3) is 0 Å². The summed E-state index contributed by atoms with van der Waals surface area (Å²) in [4.78, 5) is 25.5. The Hall–Kier alpha value is -2.64. The summed E-state index contributed by atoms with van der Waals surface area (Å²) in [7, 11) is 1.92. The zero-order chi connectivity index (χ0) is 19.2. The molecular weight excluding hydrogens is 380 g/mol. The zero-order valence-corrected chi connectivity index (χ0v) is 16.6. The normalized spacial score (nSPS) is 14.2. The van der Waals surface area contributed by atoms with E-state index in [1.165, 1.54) is 6.07 Å². The SMILES string of the molecule is CNC1CCN(C(=O)c2ccc(NCc3ccccc3)c([N+](=O)[O-])c2)CC1.Cl. The van der Waals surface area contributed by atoms with Gasteiger partial charge in [0, 0.05) is 37.3 Å². The van der Waals surface area contributed by atoms with Gasteiger partial charge in [0.05, 0.1) is 4.92 Å². The third-order valence-corrected chi connectivity index (χ3v) is 4.96. The second kappa shape index (κ2) is 10.1. The molecule has 150 valence electrons. The van der Waals surface area contributed by atoms with E-state index in [-0.39, 0.29) is 24.0 Å². The minimum Gasteiger partial charge on any atom is -0.375 e. The van der Waals surface area contributed by atoms with E-state index in [9.17, 15) is 14.9 Å². The largest absolute Gasteiger partial charge is 0.375 e. The number of carbonyl (C=O) groups excluding carboxylic acids is 1. The minimum atomic E-state index is -0.447. The first-order chi connectivity index (χ1) is 13.1. The first kappa shape index (κ1) is 21.7. The second-order valence-electron chi connectivity index (χ2n) is 6.68. The minimum absolute atomic E-state index is 0. The summed E-state index contributed by atoms with van der Waals surface area (Å²) in [6, 6.07) is 14.7. The molecule has 0 spiro atoms. The number of piperidine rings is 1. The number of carbonyl (C=O) groups is 1. The highest BCUT2D eigenvalue weighted by Crippen LogP contribution is 2.27. The molecular formula is C20H25ClN4O3. The van der Waals surface area contributed by atoms with E-state index in [0.717, 1.165) is 18.4 Å². The summed E-state index contributed by atoms with van der Waals surface area (Å²) in [5, 5.41) is 17.8. The Labute approximate surface area is 170 Å². The lowest BCUT2D eigenvalue weighted by molar-refractivity contribution is -0.384. The second-order valence-corrected chi connectivity index (χ2v) is 6.68. The van der Waals surface area contributed by atoms with Crippen molar-refractivity contribution in [2.45, 2.75) is 25.4 Å². The lowest BCUT2D eigenvalue weighted by Crippen LogP contribution is -2.43. The van der Waals surface area contributed by atoms with Gasteiger partial charge in [0.25, 0.3) is 11.6 Å². The van der Waals surface area contributed by atoms with Crippen molar-refractivity contribution < 1.29 is 9.72 Å². The summed E-state index contributed by atoms with van der Waals surface area (Å²) in [5.74, 6) is -0.151. The number of nitrogens with zero attached hydrogens (tertiary/aromatic N) is 2. The van der Waals surface area contributed by atoms with Crippen molar-refractivity contribution >= 4 is 29.7 Å². The number of anilines is 1. The smallest absolute Gasteiger partial charge is 0.293 e. The van der Waals surface area contributed by atoms with Crippen LogP contribution in [0.15, 0.2) is 48.5 Å². The molecule has 0 bridgehead atoms. The maximum Gasteiger partial charge on any atom is 0.293 e. The van der Waals surface area contributed by atoms with Gasteiger partial charge in [-0.25, -0.2) is 0 Å². The summed E-state index contributed by atoms with van der Waals surface area (Å²) in [5.41, 5.74) is 1.71. The monoisotopic (exact) mass is 404 g/mol. The van der Waals surface area contributed by atoms with Crippen LogP contribution in [0.3, 0.4) is 0 Å². The van der Waals surface area contributed by atoms with E-state index in [4.69, 9.17) is 0 Å². The number of hydrogen-bond donors (Lipinski definition) is 2. The number of nitro benzene ring substituents is 1. The molecule has 0 radical (unpaired) electrons. The van der Waals surface area contributed by atoms with E-state index < -0.39 is 4.92 Å². The number of rotatable bonds is 6. The van der Waals surface area contributed by atoms with E-state index in [1.54, 1.807) is 17.0 Å². The molecule has 1 amide bonds. The number of benzene rings is 2. The van der Waals surface area contributed by atoms with Crippen molar-refractivity contribution in [3.63, 3.8) is 0 Å². The van der Waals surface area contributed by atoms with Crippen LogP contribution in [0.4, 0.5) is 11.4 Å². The van der Waals surface area contributed by atoms with Gasteiger partial charge in [0.1, 0.15) is 5.69 Å². The van der Waals surface area contributed by atoms with Gasteiger partial charge in [0.2, 0.25) is 0 Å². The third kappa shape index (κ3) is 5.21. The van der Waals surface area contributed by atoms with E-state index in [0.29, 0.717) is 36.9 Å². The lowest BCUT2D eigenvalue weighted by atomic mass is 10.0. The number of hydrogen-bond acceptors (Lipinski definition) is 5. The first-order valence-electron chi connectivity index (χ1n) is 9.11. The summed E-state index contributed by atoms with van der Waals surface area (Å²) in [6.07, 6.45) is 1.78. The van der Waals surface area contributed by atoms with Crippen molar-refractivity contribution in [1.29, 1.82) is 0 Å². The standard InChI is InChI=1S/C20H24N4O3.ClH/c1-21-17-9-11-23(12-10-17)20(25)16-7-8-18(19(13-16)24(26)27)22-14-15-5-3-2-4-6-15;/h2-8,13,17,21-22H,9-12,14H2,1H3;1H. The van der Waals surface area contributed by atoms with Gasteiger partial charge in [-0.1, -0.05) is 30.3 Å². The Kier molecular flexibility index (Phi) is 7.78. The van der Waals surface area contributed by atoms with Gasteiger partial charge in [-0.15, -0.1) is 12.4 Å². The number of nitro groups is 1. The highest BCUT2D eigenvalue weighted by molar-refractivity contribution is 5.95. The summed E-state index contributed by atoms with van der Waals surface area (Å²) < 4.78 is 0. The topological polar surface area (TPSA) is 87.5 Å². The molecule has 0 aliphatic carbocycles.